The van der Waals surface area contributed by atoms with Gasteiger partial charge in [0.2, 0.25) is 5.88 Å². The van der Waals surface area contributed by atoms with Gasteiger partial charge in [-0.05, 0) is 60.8 Å². The van der Waals surface area contributed by atoms with Crippen LogP contribution in [0.4, 0.5) is 19.3 Å². The van der Waals surface area contributed by atoms with E-state index in [2.05, 4.69) is 20.1 Å². The van der Waals surface area contributed by atoms with Crippen LogP contribution >= 0.6 is 0 Å². The molecule has 2 atom stereocenters. The van der Waals surface area contributed by atoms with Gasteiger partial charge in [0.05, 0.1) is 18.8 Å². The summed E-state index contributed by atoms with van der Waals surface area (Å²) in [5.41, 5.74) is 3.52. The Morgan fingerprint density at radius 2 is 1.91 bits per heavy atom. The van der Waals surface area contributed by atoms with Crippen LogP contribution in [-0.2, 0) is 42.1 Å². The number of halogens is 2. The number of nitrogens with two attached hydrogens (primary N) is 1. The molecule has 33 heavy (non-hydrogen) atoms. The number of ether oxygens (including phenoxy) is 1. The maximum atomic E-state index is 14.9. The number of urea groups is 1. The first-order valence-electron chi connectivity index (χ1n) is 11.1. The molecule has 4 N–H and O–H groups in total. The second-order valence-electron chi connectivity index (χ2n) is 8.55. The lowest BCUT2D eigenvalue weighted by atomic mass is 9.98. The Morgan fingerprint density at radius 1 is 1.24 bits per heavy atom. The second-order valence-corrected chi connectivity index (χ2v) is 10.3. The maximum Gasteiger partial charge on any atom is 0.354 e. The fraction of sp³-hybridized carbons (Fsp3) is 0.524. The van der Waals surface area contributed by atoms with E-state index in [1.165, 1.54) is 10.9 Å². The number of aromatic nitrogens is 2. The molecule has 2 aliphatic carbocycles. The summed E-state index contributed by atoms with van der Waals surface area (Å²) in [7, 11) is -3.65. The van der Waals surface area contributed by atoms with E-state index in [1.54, 1.807) is 0 Å². The third-order valence-electron chi connectivity index (χ3n) is 6.44. The summed E-state index contributed by atoms with van der Waals surface area (Å²) in [6.07, 6.45) is 5.56. The van der Waals surface area contributed by atoms with Gasteiger partial charge in [0, 0.05) is 12.2 Å². The monoisotopic (exact) mass is 480 g/mol. The molecule has 0 saturated carbocycles. The quantitative estimate of drug-likeness (QED) is 0.606. The standard InChI is InChI=1S/C21H26F2N6O3S/c22-7-8-25-12-10-29-20(32-11-12)17(9-26-29)33(24,31)28-21(30)27-19-15-5-1-3-13(15)18(23)14-4-2-6-16(14)19/h9,12,25H,1-8,10-11H2,(H3,24,27,28,30,31)/t12-,33?/m1/s1. The Hall–Kier alpha value is -2.57. The molecular weight excluding hydrogens is 454 g/mol. The lowest BCUT2D eigenvalue weighted by Gasteiger charge is -2.25. The molecule has 1 aromatic carbocycles. The molecule has 2 heterocycles. The third-order valence-corrected chi connectivity index (χ3v) is 7.78. The lowest BCUT2D eigenvalue weighted by Crippen LogP contribution is -2.42. The summed E-state index contributed by atoms with van der Waals surface area (Å²) in [6, 6.07) is -1.01. The average molecular weight is 481 g/mol. The van der Waals surface area contributed by atoms with Crippen molar-refractivity contribution < 1.29 is 22.5 Å². The highest BCUT2D eigenvalue weighted by atomic mass is 32.2. The molecule has 2 aromatic rings. The van der Waals surface area contributed by atoms with Crippen molar-refractivity contribution in [3.63, 3.8) is 0 Å². The Bertz CT molecular complexity index is 1200. The van der Waals surface area contributed by atoms with Gasteiger partial charge in [-0.25, -0.2) is 27.6 Å². The molecule has 0 bridgehead atoms. The number of alkyl halides is 1. The molecule has 0 radical (unpaired) electrons. The fourth-order valence-corrected chi connectivity index (χ4v) is 6.00. The molecule has 0 fully saturated rings. The highest BCUT2D eigenvalue weighted by Gasteiger charge is 2.31. The zero-order valence-electron chi connectivity index (χ0n) is 18.0. The van der Waals surface area contributed by atoms with Crippen molar-refractivity contribution in [1.29, 1.82) is 0 Å². The largest absolute Gasteiger partial charge is 0.475 e. The number of nitrogens with zero attached hydrogens (tertiary/aromatic N) is 3. The van der Waals surface area contributed by atoms with Crippen LogP contribution in [-0.4, -0.2) is 45.9 Å². The van der Waals surface area contributed by atoms with Gasteiger partial charge in [-0.3, -0.25) is 0 Å². The number of fused-ring (bicyclic) bond motifs is 3. The third kappa shape index (κ3) is 4.00. The summed E-state index contributed by atoms with van der Waals surface area (Å²) in [6.45, 7) is 0.287. The highest BCUT2D eigenvalue weighted by Crippen LogP contribution is 2.41. The van der Waals surface area contributed by atoms with E-state index in [9.17, 15) is 17.8 Å². The number of anilines is 1. The number of carbonyl (C=O) groups excluding carboxylic acids is 1. The number of benzene rings is 1. The van der Waals surface area contributed by atoms with Gasteiger partial charge in [0.1, 0.15) is 24.0 Å². The van der Waals surface area contributed by atoms with Gasteiger partial charge in [0.25, 0.3) is 0 Å². The van der Waals surface area contributed by atoms with Gasteiger partial charge in [-0.1, -0.05) is 0 Å². The molecule has 3 aliphatic rings. The predicted molar refractivity (Wildman–Crippen MR) is 118 cm³/mol. The second kappa shape index (κ2) is 8.65. The summed E-state index contributed by atoms with van der Waals surface area (Å²) < 4.78 is 51.3. The van der Waals surface area contributed by atoms with Crippen molar-refractivity contribution in [1.82, 2.24) is 15.1 Å². The number of amides is 2. The van der Waals surface area contributed by atoms with Crippen molar-refractivity contribution in [3.8, 4) is 5.88 Å². The van der Waals surface area contributed by atoms with Crippen molar-refractivity contribution in [3.05, 3.63) is 34.3 Å². The van der Waals surface area contributed by atoms with Crippen LogP contribution in [0.1, 0.15) is 35.1 Å². The molecule has 178 valence electrons. The van der Waals surface area contributed by atoms with Crippen LogP contribution in [0.15, 0.2) is 15.5 Å². The molecule has 5 rings (SSSR count). The van der Waals surface area contributed by atoms with E-state index in [0.29, 0.717) is 49.0 Å². The summed E-state index contributed by atoms with van der Waals surface area (Å²) in [5.74, 6) is 0.0384. The number of hydrogen-bond acceptors (Lipinski definition) is 5. The van der Waals surface area contributed by atoms with Crippen LogP contribution < -0.4 is 20.5 Å². The lowest BCUT2D eigenvalue weighted by molar-refractivity contribution is 0.177. The van der Waals surface area contributed by atoms with Crippen LogP contribution in [0.3, 0.4) is 0 Å². The molecule has 1 aliphatic heterocycles. The zero-order valence-corrected chi connectivity index (χ0v) is 18.9. The van der Waals surface area contributed by atoms with Crippen molar-refractivity contribution in [2.75, 3.05) is 25.1 Å². The summed E-state index contributed by atoms with van der Waals surface area (Å²) in [5, 5.41) is 15.8. The summed E-state index contributed by atoms with van der Waals surface area (Å²) in [4.78, 5) is 12.8. The molecule has 1 aromatic heterocycles. The fourth-order valence-electron chi connectivity index (χ4n) is 5.00. The number of carbonyl (C=O) groups is 1. The van der Waals surface area contributed by atoms with Gasteiger partial charge in [-0.2, -0.15) is 5.10 Å². The van der Waals surface area contributed by atoms with E-state index >= 15 is 0 Å². The highest BCUT2D eigenvalue weighted by molar-refractivity contribution is 7.91. The minimum Gasteiger partial charge on any atom is -0.475 e. The first kappa shape index (κ1) is 22.2. The van der Waals surface area contributed by atoms with Gasteiger partial charge in [-0.15, -0.1) is 4.36 Å². The predicted octanol–water partition coefficient (Wildman–Crippen LogP) is 2.25. The Labute approximate surface area is 190 Å². The Morgan fingerprint density at radius 3 is 2.58 bits per heavy atom. The minimum absolute atomic E-state index is 0.0242. The Balaban J connectivity index is 1.41. The number of nitrogens with one attached hydrogen (secondary N) is 2. The Kier molecular flexibility index (Phi) is 5.83. The van der Waals surface area contributed by atoms with Gasteiger partial charge >= 0.3 is 6.03 Å². The summed E-state index contributed by atoms with van der Waals surface area (Å²) >= 11 is 0. The normalized spacial score (nSPS) is 20.4. The van der Waals surface area contributed by atoms with Crippen molar-refractivity contribution in [2.45, 2.75) is 56.0 Å². The molecule has 0 spiro atoms. The molecular formula is C21H26F2N6O3S. The van der Waals surface area contributed by atoms with Crippen molar-refractivity contribution in [2.24, 2.45) is 9.50 Å². The van der Waals surface area contributed by atoms with E-state index in [0.717, 1.165) is 24.0 Å². The average Bonchev–Trinajstić information content (AvgIpc) is 3.53. The van der Waals surface area contributed by atoms with E-state index in [-0.39, 0.29) is 35.8 Å². The van der Waals surface area contributed by atoms with Crippen LogP contribution in [0.5, 0.6) is 5.88 Å². The molecule has 0 saturated heterocycles. The van der Waals surface area contributed by atoms with E-state index in [1.807, 2.05) is 0 Å². The van der Waals surface area contributed by atoms with E-state index < -0.39 is 22.6 Å². The SMILES string of the molecule is NS(=O)(=NC(=O)Nc1c2c(c(F)c3c1CCC3)CCC2)c1cnn2c1OC[C@H](NCCF)C2. The smallest absolute Gasteiger partial charge is 0.354 e. The van der Waals surface area contributed by atoms with Crippen LogP contribution in [0, 0.1) is 5.82 Å². The molecule has 9 nitrogen and oxygen atoms in total. The maximum absolute atomic E-state index is 14.9. The molecule has 12 heteroatoms. The van der Waals surface area contributed by atoms with Crippen LogP contribution in [0.2, 0.25) is 0 Å². The van der Waals surface area contributed by atoms with Gasteiger partial charge in [0.15, 0.2) is 9.92 Å². The van der Waals surface area contributed by atoms with Gasteiger partial charge < -0.3 is 15.4 Å². The number of rotatable bonds is 5. The first-order chi connectivity index (χ1) is 15.9. The molecule has 2 amide bonds. The topological polar surface area (TPSA) is 124 Å². The zero-order chi connectivity index (χ0) is 23.2. The minimum atomic E-state index is -3.65. The number of hydrogen-bond donors (Lipinski definition) is 3. The van der Waals surface area contributed by atoms with Crippen LogP contribution in [0.25, 0.3) is 0 Å². The van der Waals surface area contributed by atoms with E-state index in [4.69, 9.17) is 9.88 Å². The van der Waals surface area contributed by atoms with Crippen molar-refractivity contribution >= 4 is 21.6 Å². The first-order valence-corrected chi connectivity index (χ1v) is 12.7. The molecule has 1 unspecified atom stereocenters.